The molecule has 1 aromatic heterocycles. The number of halogens is 1. The first kappa shape index (κ1) is 23.3. The number of hydrogen-bond acceptors (Lipinski definition) is 5. The molecule has 0 N–H and O–H groups in total. The fraction of sp³-hybridized carbons (Fsp3) is 0.308. The molecule has 0 atom stereocenters. The molecule has 180 valence electrons. The summed E-state index contributed by atoms with van der Waals surface area (Å²) in [5.74, 6) is -1.13. The van der Waals surface area contributed by atoms with Crippen LogP contribution in [0, 0.1) is 0 Å². The molecule has 2 saturated heterocycles. The highest BCUT2D eigenvalue weighted by molar-refractivity contribution is 6.35. The molecule has 0 bridgehead atoms. The number of amides is 3. The smallest absolute Gasteiger partial charge is 0.312 e. The second-order valence-electron chi connectivity index (χ2n) is 8.57. The van der Waals surface area contributed by atoms with Crippen LogP contribution in [0.25, 0.3) is 22.2 Å². The van der Waals surface area contributed by atoms with Gasteiger partial charge in [0.1, 0.15) is 0 Å². The summed E-state index contributed by atoms with van der Waals surface area (Å²) < 4.78 is 5.26. The number of rotatable bonds is 2. The highest BCUT2D eigenvalue weighted by atomic mass is 35.5. The number of carbonyl (C=O) groups is 3. The van der Waals surface area contributed by atoms with Crippen molar-refractivity contribution in [1.29, 1.82) is 0 Å². The lowest BCUT2D eigenvalue weighted by molar-refractivity contribution is -0.154. The van der Waals surface area contributed by atoms with Gasteiger partial charge in [-0.1, -0.05) is 41.9 Å². The van der Waals surface area contributed by atoms with Gasteiger partial charge >= 0.3 is 11.8 Å². The topological polar surface area (TPSA) is 83.1 Å². The van der Waals surface area contributed by atoms with Crippen LogP contribution in [0.5, 0.6) is 0 Å². The third-order valence-corrected chi connectivity index (χ3v) is 6.67. The number of ether oxygens (including phenoxy) is 1. The monoisotopic (exact) mass is 492 g/mol. The van der Waals surface area contributed by atoms with Crippen LogP contribution >= 0.6 is 11.6 Å². The van der Waals surface area contributed by atoms with Crippen molar-refractivity contribution in [3.63, 3.8) is 0 Å². The zero-order chi connectivity index (χ0) is 24.4. The molecule has 2 aliphatic heterocycles. The Morgan fingerprint density at radius 2 is 1.37 bits per heavy atom. The Morgan fingerprint density at radius 1 is 0.771 bits per heavy atom. The first-order valence-corrected chi connectivity index (χ1v) is 12.0. The Balaban J connectivity index is 1.34. The maximum absolute atomic E-state index is 13.6. The number of morpholine rings is 1. The second kappa shape index (κ2) is 10.0. The van der Waals surface area contributed by atoms with Gasteiger partial charge in [0, 0.05) is 55.2 Å². The number of aromatic nitrogens is 1. The molecule has 9 heteroatoms. The fourth-order valence-corrected chi connectivity index (χ4v) is 4.57. The fourth-order valence-electron chi connectivity index (χ4n) is 4.44. The summed E-state index contributed by atoms with van der Waals surface area (Å²) in [5.41, 5.74) is 2.85. The molecular formula is C26H25ClN4O4. The summed E-state index contributed by atoms with van der Waals surface area (Å²) in [7, 11) is 0. The minimum atomic E-state index is -0.515. The van der Waals surface area contributed by atoms with E-state index in [9.17, 15) is 14.4 Å². The van der Waals surface area contributed by atoms with Crippen LogP contribution in [0.3, 0.4) is 0 Å². The number of para-hydroxylation sites is 1. The third-order valence-electron chi connectivity index (χ3n) is 6.42. The lowest BCUT2D eigenvalue weighted by Gasteiger charge is -2.36. The SMILES string of the molecule is O=C(C(=O)N1CCN(C(=O)c2cc(-c3ccc(Cl)cc3)nc3ccccc23)CC1)N1CCOCC1. The van der Waals surface area contributed by atoms with Crippen molar-refractivity contribution in [3.8, 4) is 11.3 Å². The zero-order valence-electron chi connectivity index (χ0n) is 19.2. The van der Waals surface area contributed by atoms with E-state index in [0.29, 0.717) is 68.8 Å². The van der Waals surface area contributed by atoms with Crippen LogP contribution < -0.4 is 0 Å². The quantitative estimate of drug-likeness (QED) is 0.514. The van der Waals surface area contributed by atoms with Gasteiger partial charge in [-0.2, -0.15) is 0 Å². The number of benzene rings is 2. The van der Waals surface area contributed by atoms with Crippen molar-refractivity contribution >= 4 is 40.2 Å². The average molecular weight is 493 g/mol. The van der Waals surface area contributed by atoms with Crippen molar-refractivity contribution in [2.75, 3.05) is 52.5 Å². The number of pyridine rings is 1. The minimum Gasteiger partial charge on any atom is -0.378 e. The molecule has 0 unspecified atom stereocenters. The largest absolute Gasteiger partial charge is 0.378 e. The molecule has 0 radical (unpaired) electrons. The Bertz CT molecular complexity index is 1270. The summed E-state index contributed by atoms with van der Waals surface area (Å²) in [6, 6.07) is 16.7. The molecule has 5 rings (SSSR count). The van der Waals surface area contributed by atoms with Crippen LogP contribution in [0.1, 0.15) is 10.4 Å². The molecular weight excluding hydrogens is 468 g/mol. The van der Waals surface area contributed by atoms with Gasteiger partial charge in [-0.15, -0.1) is 0 Å². The Morgan fingerprint density at radius 3 is 2.06 bits per heavy atom. The van der Waals surface area contributed by atoms with E-state index < -0.39 is 11.8 Å². The van der Waals surface area contributed by atoms with E-state index in [1.807, 2.05) is 42.5 Å². The predicted octanol–water partition coefficient (Wildman–Crippen LogP) is 2.70. The molecule has 2 aromatic carbocycles. The first-order chi connectivity index (χ1) is 17.0. The number of carbonyl (C=O) groups excluding carboxylic acids is 3. The van der Waals surface area contributed by atoms with Crippen molar-refractivity contribution in [1.82, 2.24) is 19.7 Å². The van der Waals surface area contributed by atoms with Gasteiger partial charge in [0.05, 0.1) is 30.0 Å². The van der Waals surface area contributed by atoms with Crippen LogP contribution in [-0.2, 0) is 14.3 Å². The van der Waals surface area contributed by atoms with E-state index in [4.69, 9.17) is 21.3 Å². The summed E-state index contributed by atoms with van der Waals surface area (Å²) >= 11 is 6.04. The van der Waals surface area contributed by atoms with Gasteiger partial charge in [-0.25, -0.2) is 4.98 Å². The van der Waals surface area contributed by atoms with Gasteiger partial charge in [-0.05, 0) is 24.3 Å². The molecule has 35 heavy (non-hydrogen) atoms. The van der Waals surface area contributed by atoms with Crippen LogP contribution in [0.2, 0.25) is 5.02 Å². The van der Waals surface area contributed by atoms with E-state index in [1.165, 1.54) is 9.80 Å². The number of piperazine rings is 1. The van der Waals surface area contributed by atoms with Crippen molar-refractivity contribution in [2.45, 2.75) is 0 Å². The lowest BCUT2D eigenvalue weighted by atomic mass is 10.0. The standard InChI is InChI=1S/C26H25ClN4O4/c27-19-7-5-18(6-8-19)23-17-21(20-3-1-2-4-22(20)28-23)24(32)29-9-11-30(12-10-29)25(33)26(34)31-13-15-35-16-14-31/h1-8,17H,9-16H2. The van der Waals surface area contributed by atoms with Gasteiger partial charge in [-0.3, -0.25) is 14.4 Å². The highest BCUT2D eigenvalue weighted by Crippen LogP contribution is 2.27. The predicted molar refractivity (Wildman–Crippen MR) is 132 cm³/mol. The van der Waals surface area contributed by atoms with Gasteiger partial charge in [0.2, 0.25) is 0 Å². The maximum atomic E-state index is 13.6. The number of fused-ring (bicyclic) bond motifs is 1. The zero-order valence-corrected chi connectivity index (χ0v) is 19.9. The van der Waals surface area contributed by atoms with E-state index in [2.05, 4.69) is 0 Å². The minimum absolute atomic E-state index is 0.120. The Kier molecular flexibility index (Phi) is 6.66. The molecule has 3 aromatic rings. The summed E-state index contributed by atoms with van der Waals surface area (Å²) in [6.45, 7) is 3.07. The van der Waals surface area contributed by atoms with E-state index in [0.717, 1.165) is 16.5 Å². The second-order valence-corrected chi connectivity index (χ2v) is 9.00. The van der Waals surface area contributed by atoms with Crippen LogP contribution in [0.15, 0.2) is 54.6 Å². The molecule has 2 fully saturated rings. The molecule has 0 spiro atoms. The molecule has 0 saturated carbocycles. The third kappa shape index (κ3) is 4.85. The number of nitrogens with zero attached hydrogens (tertiary/aromatic N) is 4. The molecule has 0 aliphatic carbocycles. The summed E-state index contributed by atoms with van der Waals surface area (Å²) in [6.07, 6.45) is 0. The van der Waals surface area contributed by atoms with Gasteiger partial charge < -0.3 is 19.4 Å². The van der Waals surface area contributed by atoms with E-state index in [-0.39, 0.29) is 5.91 Å². The first-order valence-electron chi connectivity index (χ1n) is 11.6. The molecule has 2 aliphatic rings. The van der Waals surface area contributed by atoms with E-state index in [1.54, 1.807) is 17.0 Å². The highest BCUT2D eigenvalue weighted by Gasteiger charge is 2.32. The summed E-state index contributed by atoms with van der Waals surface area (Å²) in [5, 5.41) is 1.40. The molecule has 8 nitrogen and oxygen atoms in total. The van der Waals surface area contributed by atoms with Crippen molar-refractivity contribution in [2.24, 2.45) is 0 Å². The van der Waals surface area contributed by atoms with Crippen molar-refractivity contribution in [3.05, 3.63) is 65.2 Å². The lowest BCUT2D eigenvalue weighted by Crippen LogP contribution is -2.55. The maximum Gasteiger partial charge on any atom is 0.312 e. The number of hydrogen-bond donors (Lipinski definition) is 0. The van der Waals surface area contributed by atoms with Crippen molar-refractivity contribution < 1.29 is 19.1 Å². The molecule has 3 heterocycles. The van der Waals surface area contributed by atoms with Crippen LogP contribution in [0.4, 0.5) is 0 Å². The normalized spacial score (nSPS) is 16.4. The Labute approximate surface area is 208 Å². The summed E-state index contributed by atoms with van der Waals surface area (Å²) in [4.78, 5) is 48.4. The van der Waals surface area contributed by atoms with Crippen LogP contribution in [-0.4, -0.2) is 89.9 Å². The van der Waals surface area contributed by atoms with Gasteiger partial charge in [0.25, 0.3) is 5.91 Å². The van der Waals surface area contributed by atoms with E-state index >= 15 is 0 Å². The molecule has 3 amide bonds. The van der Waals surface area contributed by atoms with Gasteiger partial charge in [0.15, 0.2) is 0 Å². The average Bonchev–Trinajstić information content (AvgIpc) is 2.92. The Hall–Kier alpha value is -3.49.